The fourth-order valence-corrected chi connectivity index (χ4v) is 1.58. The van der Waals surface area contributed by atoms with E-state index in [4.69, 9.17) is 5.84 Å². The molecule has 0 unspecified atom stereocenters. The predicted molar refractivity (Wildman–Crippen MR) is 76.9 cm³/mol. The number of anilines is 2. The zero-order chi connectivity index (χ0) is 14.8. The van der Waals surface area contributed by atoms with Gasteiger partial charge in [0.05, 0.1) is 6.54 Å². The summed E-state index contributed by atoms with van der Waals surface area (Å²) in [6, 6.07) is 1.76. The minimum atomic E-state index is -0.159. The predicted octanol–water partition coefficient (Wildman–Crippen LogP) is 0.800. The molecule has 0 aliphatic heterocycles. The first kappa shape index (κ1) is 14.2. The molecule has 108 valence electrons. The first-order valence-electron chi connectivity index (χ1n) is 6.33. The second kappa shape index (κ2) is 5.41. The van der Waals surface area contributed by atoms with Crippen LogP contribution in [-0.4, -0.2) is 24.7 Å². The number of nitrogens with two attached hydrogens (primary N) is 1. The maximum atomic E-state index is 5.45. The summed E-state index contributed by atoms with van der Waals surface area (Å²) in [7, 11) is 1.89. The van der Waals surface area contributed by atoms with Gasteiger partial charge in [-0.05, 0) is 0 Å². The average molecular weight is 276 g/mol. The van der Waals surface area contributed by atoms with Crippen molar-refractivity contribution in [2.45, 2.75) is 32.7 Å². The van der Waals surface area contributed by atoms with Crippen LogP contribution in [-0.2, 0) is 19.0 Å². The molecule has 0 radical (unpaired) electrons. The highest BCUT2D eigenvalue weighted by molar-refractivity contribution is 5.47. The standard InChI is InChI=1S/C12H20N8/c1-12(2,3)11-16-8(5-9(17-11)18-13)14-6-10-19-15-7-20(10)4/h5,7H,6,13H2,1-4H3,(H2,14,16,17,18). The number of hydrogen-bond donors (Lipinski definition) is 3. The fraction of sp³-hybridized carbons (Fsp3) is 0.500. The maximum absolute atomic E-state index is 5.45. The smallest absolute Gasteiger partial charge is 0.151 e. The van der Waals surface area contributed by atoms with Gasteiger partial charge in [-0.25, -0.2) is 15.8 Å². The molecule has 4 N–H and O–H groups in total. The number of hydrogen-bond acceptors (Lipinski definition) is 7. The molecule has 0 aliphatic carbocycles. The first-order chi connectivity index (χ1) is 9.40. The van der Waals surface area contributed by atoms with Gasteiger partial charge in [0, 0.05) is 18.5 Å². The van der Waals surface area contributed by atoms with Crippen molar-refractivity contribution in [1.82, 2.24) is 24.7 Å². The topological polar surface area (TPSA) is 107 Å². The highest BCUT2D eigenvalue weighted by atomic mass is 15.3. The molecule has 0 bridgehead atoms. The van der Waals surface area contributed by atoms with Crippen molar-refractivity contribution >= 4 is 11.6 Å². The fourth-order valence-electron chi connectivity index (χ4n) is 1.58. The number of aryl methyl sites for hydroxylation is 1. The average Bonchev–Trinajstić information content (AvgIpc) is 2.80. The van der Waals surface area contributed by atoms with Crippen LogP contribution in [0.1, 0.15) is 32.4 Å². The van der Waals surface area contributed by atoms with Crippen molar-refractivity contribution in [3.05, 3.63) is 24.0 Å². The van der Waals surface area contributed by atoms with E-state index in [2.05, 4.69) is 51.7 Å². The molecule has 2 aromatic heterocycles. The van der Waals surface area contributed by atoms with Gasteiger partial charge in [0.1, 0.15) is 23.8 Å². The highest BCUT2D eigenvalue weighted by Crippen LogP contribution is 2.22. The summed E-state index contributed by atoms with van der Waals surface area (Å²) in [5, 5.41) is 11.0. The lowest BCUT2D eigenvalue weighted by atomic mass is 9.96. The van der Waals surface area contributed by atoms with Gasteiger partial charge in [-0.2, -0.15) is 0 Å². The van der Waals surface area contributed by atoms with Crippen LogP contribution in [0.5, 0.6) is 0 Å². The normalized spacial score (nSPS) is 11.4. The molecule has 0 saturated carbocycles. The van der Waals surface area contributed by atoms with E-state index in [1.165, 1.54) is 0 Å². The Kier molecular flexibility index (Phi) is 3.84. The van der Waals surface area contributed by atoms with E-state index in [0.717, 1.165) is 5.82 Å². The molecule has 8 nitrogen and oxygen atoms in total. The molecule has 8 heteroatoms. The molecular weight excluding hydrogens is 256 g/mol. The lowest BCUT2D eigenvalue weighted by molar-refractivity contribution is 0.546. The van der Waals surface area contributed by atoms with Gasteiger partial charge >= 0.3 is 0 Å². The Balaban J connectivity index is 2.21. The third-order valence-electron chi connectivity index (χ3n) is 2.78. The van der Waals surface area contributed by atoms with Gasteiger partial charge in [0.2, 0.25) is 0 Å². The van der Waals surface area contributed by atoms with Crippen LogP contribution in [0.3, 0.4) is 0 Å². The van der Waals surface area contributed by atoms with Crippen LogP contribution < -0.4 is 16.6 Å². The Morgan fingerprint density at radius 2 is 1.95 bits per heavy atom. The lowest BCUT2D eigenvalue weighted by Crippen LogP contribution is -2.20. The minimum Gasteiger partial charge on any atom is -0.363 e. The van der Waals surface area contributed by atoms with Crippen LogP contribution in [0.15, 0.2) is 12.4 Å². The van der Waals surface area contributed by atoms with Crippen LogP contribution in [0.4, 0.5) is 11.6 Å². The van der Waals surface area contributed by atoms with E-state index >= 15 is 0 Å². The van der Waals surface area contributed by atoms with Gasteiger partial charge in [0.15, 0.2) is 5.82 Å². The highest BCUT2D eigenvalue weighted by Gasteiger charge is 2.19. The summed E-state index contributed by atoms with van der Waals surface area (Å²) < 4.78 is 1.85. The Labute approximate surface area is 117 Å². The monoisotopic (exact) mass is 276 g/mol. The van der Waals surface area contributed by atoms with Crippen molar-refractivity contribution in [3.63, 3.8) is 0 Å². The van der Waals surface area contributed by atoms with Crippen LogP contribution in [0.25, 0.3) is 0 Å². The summed E-state index contributed by atoms with van der Waals surface area (Å²) in [6.07, 6.45) is 1.66. The van der Waals surface area contributed by atoms with Gasteiger partial charge in [-0.3, -0.25) is 0 Å². The van der Waals surface area contributed by atoms with Crippen LogP contribution in [0, 0.1) is 0 Å². The summed E-state index contributed by atoms with van der Waals surface area (Å²) in [4.78, 5) is 8.87. The Morgan fingerprint density at radius 3 is 2.50 bits per heavy atom. The largest absolute Gasteiger partial charge is 0.363 e. The minimum absolute atomic E-state index is 0.159. The van der Waals surface area contributed by atoms with Gasteiger partial charge < -0.3 is 15.3 Å². The molecule has 2 rings (SSSR count). The summed E-state index contributed by atoms with van der Waals surface area (Å²) in [5.74, 6) is 8.26. The summed E-state index contributed by atoms with van der Waals surface area (Å²) in [5.41, 5.74) is 2.40. The van der Waals surface area contributed by atoms with Gasteiger partial charge in [0.25, 0.3) is 0 Å². The van der Waals surface area contributed by atoms with E-state index < -0.39 is 0 Å². The van der Waals surface area contributed by atoms with Crippen molar-refractivity contribution in [2.24, 2.45) is 12.9 Å². The molecule has 0 amide bonds. The molecule has 2 heterocycles. The van der Waals surface area contributed by atoms with E-state index in [-0.39, 0.29) is 5.41 Å². The van der Waals surface area contributed by atoms with Crippen molar-refractivity contribution in [2.75, 3.05) is 10.7 Å². The van der Waals surface area contributed by atoms with E-state index in [9.17, 15) is 0 Å². The molecule has 0 fully saturated rings. The second-order valence-electron chi connectivity index (χ2n) is 5.57. The van der Waals surface area contributed by atoms with Gasteiger partial charge in [-0.1, -0.05) is 20.8 Å². The number of nitrogens with zero attached hydrogens (tertiary/aromatic N) is 5. The zero-order valence-corrected chi connectivity index (χ0v) is 12.2. The number of nitrogen functional groups attached to an aromatic ring is 1. The first-order valence-corrected chi connectivity index (χ1v) is 6.33. The SMILES string of the molecule is Cn1cnnc1CNc1cc(NN)nc(C(C)(C)C)n1. The molecule has 0 saturated heterocycles. The van der Waals surface area contributed by atoms with Crippen molar-refractivity contribution in [3.8, 4) is 0 Å². The molecule has 0 aromatic carbocycles. The van der Waals surface area contributed by atoms with Crippen LogP contribution in [0.2, 0.25) is 0 Å². The quantitative estimate of drug-likeness (QED) is 0.560. The molecule has 0 aliphatic rings. The third kappa shape index (κ3) is 3.21. The molecule has 2 aromatic rings. The van der Waals surface area contributed by atoms with E-state index in [1.807, 2.05) is 11.6 Å². The zero-order valence-electron chi connectivity index (χ0n) is 12.2. The second-order valence-corrected chi connectivity index (χ2v) is 5.57. The molecule has 0 spiro atoms. The number of hydrazine groups is 1. The number of rotatable bonds is 4. The third-order valence-corrected chi connectivity index (χ3v) is 2.78. The Morgan fingerprint density at radius 1 is 1.25 bits per heavy atom. The number of nitrogens with one attached hydrogen (secondary N) is 2. The molecule has 20 heavy (non-hydrogen) atoms. The summed E-state index contributed by atoms with van der Waals surface area (Å²) in [6.45, 7) is 6.68. The van der Waals surface area contributed by atoms with Crippen LogP contribution >= 0.6 is 0 Å². The Hall–Kier alpha value is -2.22. The van der Waals surface area contributed by atoms with Crippen molar-refractivity contribution in [1.29, 1.82) is 0 Å². The maximum Gasteiger partial charge on any atom is 0.151 e. The molecular formula is C12H20N8. The van der Waals surface area contributed by atoms with E-state index in [0.29, 0.717) is 24.0 Å². The summed E-state index contributed by atoms with van der Waals surface area (Å²) >= 11 is 0. The van der Waals surface area contributed by atoms with E-state index in [1.54, 1.807) is 12.4 Å². The molecule has 0 atom stereocenters. The lowest BCUT2D eigenvalue weighted by Gasteiger charge is -2.18. The number of aromatic nitrogens is 5. The Bertz CT molecular complexity index is 583. The van der Waals surface area contributed by atoms with Gasteiger partial charge in [-0.15, -0.1) is 10.2 Å². The van der Waals surface area contributed by atoms with Crippen molar-refractivity contribution < 1.29 is 0 Å².